The van der Waals surface area contributed by atoms with Crippen molar-refractivity contribution >= 4 is 17.7 Å². The van der Waals surface area contributed by atoms with Crippen LogP contribution in [0.4, 0.5) is 0 Å². The molecule has 0 saturated carbocycles. The Labute approximate surface area is 167 Å². The zero-order valence-corrected chi connectivity index (χ0v) is 16.2. The largest absolute Gasteiger partial charge is 0.507 e. The molecule has 0 aliphatic carbocycles. The second-order valence-corrected chi connectivity index (χ2v) is 7.51. The van der Waals surface area contributed by atoms with Gasteiger partial charge in [-0.1, -0.05) is 24.3 Å². The standard InChI is InChI=1S/C21H21N3O3S/c1-28-14-9-7-13(8-10-14)20-17-18(15-5-2-3-6-16(15)26)22-23-19(17)21(27)24(20)11-4-12-25/h2-3,5-10,20,25-26H,4,11-12H2,1H3,(H,22,23)/t20-/m1/s1. The molecule has 2 aromatic carbocycles. The number of aromatic nitrogens is 2. The maximum atomic E-state index is 13.0. The van der Waals surface area contributed by atoms with E-state index in [9.17, 15) is 15.0 Å². The number of rotatable bonds is 6. The lowest BCUT2D eigenvalue weighted by atomic mass is 9.95. The van der Waals surface area contributed by atoms with Gasteiger partial charge in [0.15, 0.2) is 0 Å². The Morgan fingerprint density at radius 3 is 2.61 bits per heavy atom. The quantitative estimate of drug-likeness (QED) is 0.557. The Balaban J connectivity index is 1.86. The van der Waals surface area contributed by atoms with Gasteiger partial charge in [-0.15, -0.1) is 11.8 Å². The number of hydrogen-bond acceptors (Lipinski definition) is 5. The number of phenolic OH excluding ortho intramolecular Hbond substituents is 1. The zero-order chi connectivity index (χ0) is 19.7. The summed E-state index contributed by atoms with van der Waals surface area (Å²) in [6, 6.07) is 14.8. The van der Waals surface area contributed by atoms with Crippen LogP contribution in [0.5, 0.6) is 5.75 Å². The predicted molar refractivity (Wildman–Crippen MR) is 108 cm³/mol. The van der Waals surface area contributed by atoms with Gasteiger partial charge in [0.2, 0.25) is 0 Å². The fourth-order valence-corrected chi connectivity index (χ4v) is 4.09. The average Bonchev–Trinajstić information content (AvgIpc) is 3.26. The van der Waals surface area contributed by atoms with Crippen molar-refractivity contribution in [3.05, 3.63) is 65.4 Å². The average molecular weight is 395 g/mol. The fourth-order valence-electron chi connectivity index (χ4n) is 3.68. The van der Waals surface area contributed by atoms with Crippen molar-refractivity contribution in [3.8, 4) is 17.0 Å². The van der Waals surface area contributed by atoms with Crippen LogP contribution in [0.3, 0.4) is 0 Å². The molecular formula is C21H21N3O3S. The number of aliphatic hydroxyl groups is 1. The van der Waals surface area contributed by atoms with E-state index < -0.39 is 0 Å². The predicted octanol–water partition coefficient (Wildman–Crippen LogP) is 3.43. The van der Waals surface area contributed by atoms with E-state index in [1.807, 2.05) is 36.6 Å². The first-order valence-electron chi connectivity index (χ1n) is 9.08. The van der Waals surface area contributed by atoms with Crippen LogP contribution in [-0.2, 0) is 0 Å². The third kappa shape index (κ3) is 3.06. The number of benzene rings is 2. The molecule has 1 aliphatic rings. The minimum atomic E-state index is -0.321. The number of aromatic amines is 1. The molecular weight excluding hydrogens is 374 g/mol. The van der Waals surface area contributed by atoms with E-state index in [2.05, 4.69) is 10.2 Å². The molecule has 0 saturated heterocycles. The van der Waals surface area contributed by atoms with Gasteiger partial charge in [0.05, 0.1) is 6.04 Å². The van der Waals surface area contributed by atoms with Crippen LogP contribution in [0.15, 0.2) is 53.4 Å². The highest BCUT2D eigenvalue weighted by atomic mass is 32.2. The third-order valence-corrected chi connectivity index (χ3v) is 5.76. The van der Waals surface area contributed by atoms with Gasteiger partial charge in [0.25, 0.3) is 5.91 Å². The molecule has 0 radical (unpaired) electrons. The van der Waals surface area contributed by atoms with Gasteiger partial charge in [0, 0.05) is 29.2 Å². The fraction of sp³-hybridized carbons (Fsp3) is 0.238. The summed E-state index contributed by atoms with van der Waals surface area (Å²) in [5, 5.41) is 26.8. The smallest absolute Gasteiger partial charge is 0.273 e. The lowest BCUT2D eigenvalue weighted by Crippen LogP contribution is -2.31. The van der Waals surface area contributed by atoms with Crippen LogP contribution in [0.25, 0.3) is 11.3 Å². The highest BCUT2D eigenvalue weighted by Gasteiger charge is 2.42. The van der Waals surface area contributed by atoms with Gasteiger partial charge in [0.1, 0.15) is 17.1 Å². The number of para-hydroxylation sites is 1. The maximum absolute atomic E-state index is 13.0. The lowest BCUT2D eigenvalue weighted by Gasteiger charge is -2.26. The lowest BCUT2D eigenvalue weighted by molar-refractivity contribution is 0.0732. The highest BCUT2D eigenvalue weighted by molar-refractivity contribution is 7.98. The number of hydrogen-bond donors (Lipinski definition) is 3. The van der Waals surface area contributed by atoms with Crippen LogP contribution >= 0.6 is 11.8 Å². The molecule has 1 amide bonds. The van der Waals surface area contributed by atoms with E-state index in [4.69, 9.17) is 0 Å². The number of thioether (sulfide) groups is 1. The Morgan fingerprint density at radius 2 is 1.93 bits per heavy atom. The van der Waals surface area contributed by atoms with Crippen LogP contribution in [-0.4, -0.2) is 50.6 Å². The summed E-state index contributed by atoms with van der Waals surface area (Å²) in [6.07, 6.45) is 2.51. The number of fused-ring (bicyclic) bond motifs is 1. The van der Waals surface area contributed by atoms with Gasteiger partial charge in [-0.25, -0.2) is 0 Å². The molecule has 0 fully saturated rings. The molecule has 3 N–H and O–H groups in total. The molecule has 0 bridgehead atoms. The monoisotopic (exact) mass is 395 g/mol. The number of nitrogens with one attached hydrogen (secondary N) is 1. The molecule has 1 atom stereocenters. The van der Waals surface area contributed by atoms with Crippen molar-refractivity contribution in [3.63, 3.8) is 0 Å². The van der Waals surface area contributed by atoms with Crippen LogP contribution < -0.4 is 0 Å². The summed E-state index contributed by atoms with van der Waals surface area (Å²) in [5.41, 5.74) is 3.34. The minimum absolute atomic E-state index is 0.0143. The molecule has 3 aromatic rings. The van der Waals surface area contributed by atoms with E-state index in [-0.39, 0.29) is 24.3 Å². The second kappa shape index (κ2) is 7.69. The van der Waals surface area contributed by atoms with Crippen LogP contribution in [0, 0.1) is 0 Å². The molecule has 28 heavy (non-hydrogen) atoms. The van der Waals surface area contributed by atoms with Crippen LogP contribution in [0.2, 0.25) is 0 Å². The summed E-state index contributed by atoms with van der Waals surface area (Å²) in [6.45, 7) is 0.452. The highest BCUT2D eigenvalue weighted by Crippen LogP contribution is 2.44. The topological polar surface area (TPSA) is 89.5 Å². The number of aliphatic hydroxyl groups excluding tert-OH is 1. The van der Waals surface area contributed by atoms with Crippen molar-refractivity contribution < 1.29 is 15.0 Å². The van der Waals surface area contributed by atoms with Gasteiger partial charge in [-0.05, 0) is 42.5 Å². The van der Waals surface area contributed by atoms with E-state index in [0.717, 1.165) is 16.0 Å². The Hall–Kier alpha value is -2.77. The Morgan fingerprint density at radius 1 is 1.18 bits per heavy atom. The number of phenols is 1. The summed E-state index contributed by atoms with van der Waals surface area (Å²) < 4.78 is 0. The molecule has 0 spiro atoms. The van der Waals surface area contributed by atoms with Gasteiger partial charge >= 0.3 is 0 Å². The summed E-state index contributed by atoms with van der Waals surface area (Å²) in [4.78, 5) is 15.9. The number of H-pyrrole nitrogens is 1. The summed E-state index contributed by atoms with van der Waals surface area (Å²) >= 11 is 1.66. The molecule has 1 aromatic heterocycles. The van der Waals surface area contributed by atoms with Gasteiger partial charge in [-0.3, -0.25) is 9.89 Å². The molecule has 1 aliphatic heterocycles. The number of carbonyl (C=O) groups is 1. The normalized spacial score (nSPS) is 15.9. The number of amides is 1. The van der Waals surface area contributed by atoms with E-state index in [1.165, 1.54) is 0 Å². The summed E-state index contributed by atoms with van der Waals surface area (Å²) in [5.74, 6) is -0.0221. The Kier molecular flexibility index (Phi) is 5.11. The minimum Gasteiger partial charge on any atom is -0.507 e. The molecule has 6 nitrogen and oxygen atoms in total. The number of carbonyl (C=O) groups excluding carboxylic acids is 1. The Bertz CT molecular complexity index is 1000. The van der Waals surface area contributed by atoms with Gasteiger partial charge < -0.3 is 15.1 Å². The zero-order valence-electron chi connectivity index (χ0n) is 15.4. The molecule has 144 valence electrons. The van der Waals surface area contributed by atoms with Gasteiger partial charge in [-0.2, -0.15) is 5.10 Å². The van der Waals surface area contributed by atoms with Crippen molar-refractivity contribution in [2.24, 2.45) is 0 Å². The first kappa shape index (κ1) is 18.6. The molecule has 2 heterocycles. The summed E-state index contributed by atoms with van der Waals surface area (Å²) in [7, 11) is 0. The number of aromatic hydroxyl groups is 1. The van der Waals surface area contributed by atoms with E-state index in [0.29, 0.717) is 29.9 Å². The van der Waals surface area contributed by atoms with E-state index in [1.54, 1.807) is 34.9 Å². The SMILES string of the molecule is CSc1ccc([C@@H]2c3c(-c4ccccc4O)n[nH]c3C(=O)N2CCCO)cc1. The first-order chi connectivity index (χ1) is 13.7. The number of nitrogens with zero attached hydrogens (tertiary/aromatic N) is 2. The van der Waals surface area contributed by atoms with Crippen molar-refractivity contribution in [2.75, 3.05) is 19.4 Å². The van der Waals surface area contributed by atoms with Crippen molar-refractivity contribution in [1.29, 1.82) is 0 Å². The molecule has 0 unspecified atom stereocenters. The second-order valence-electron chi connectivity index (χ2n) is 6.63. The maximum Gasteiger partial charge on any atom is 0.273 e. The molecule has 4 rings (SSSR count). The van der Waals surface area contributed by atoms with Crippen molar-refractivity contribution in [1.82, 2.24) is 15.1 Å². The van der Waals surface area contributed by atoms with E-state index >= 15 is 0 Å². The first-order valence-corrected chi connectivity index (χ1v) is 10.3. The van der Waals surface area contributed by atoms with Crippen LogP contribution in [0.1, 0.15) is 34.1 Å². The molecule has 7 heteroatoms. The van der Waals surface area contributed by atoms with Crippen molar-refractivity contribution in [2.45, 2.75) is 17.4 Å². The third-order valence-electron chi connectivity index (χ3n) is 5.01.